The van der Waals surface area contributed by atoms with Gasteiger partial charge in [0, 0.05) is 71.8 Å². The summed E-state index contributed by atoms with van der Waals surface area (Å²) in [5, 5.41) is 9.95. The normalized spacial score (nSPS) is 12.5. The highest BCUT2D eigenvalue weighted by Crippen LogP contribution is 2.54. The molecule has 0 saturated carbocycles. The first-order chi connectivity index (χ1) is 42.7. The Balaban J connectivity index is 1.07. The lowest BCUT2D eigenvalue weighted by atomic mass is 9.58. The van der Waals surface area contributed by atoms with Gasteiger partial charge in [-0.3, -0.25) is 0 Å². The van der Waals surface area contributed by atoms with E-state index in [-0.39, 0.29) is 5.92 Å². The van der Waals surface area contributed by atoms with Crippen LogP contribution in [0.3, 0.4) is 0 Å². The molecule has 12 aromatic carbocycles. The molecule has 0 aliphatic carbocycles. The van der Waals surface area contributed by atoms with Crippen LogP contribution in [0, 0.1) is 0 Å². The Morgan fingerprint density at radius 2 is 0.512 bits per heavy atom. The van der Waals surface area contributed by atoms with Crippen molar-refractivity contribution in [1.82, 2.24) is 18.3 Å². The third-order valence-corrected chi connectivity index (χ3v) is 18.9. The Morgan fingerprint density at radius 1 is 0.256 bits per heavy atom. The predicted octanol–water partition coefficient (Wildman–Crippen LogP) is 21.9. The monoisotopic (exact) mass is 1110 g/mol. The van der Waals surface area contributed by atoms with Crippen molar-refractivity contribution in [3.8, 4) is 22.7 Å². The van der Waals surface area contributed by atoms with E-state index in [2.05, 4.69) is 316 Å². The van der Waals surface area contributed by atoms with Gasteiger partial charge in [-0.05, 0) is 114 Å². The summed E-state index contributed by atoms with van der Waals surface area (Å²) >= 11 is 0. The largest absolute Gasteiger partial charge is 0.309 e. The fraction of sp³-hybridized carbons (Fsp3) is 0.122. The molecule has 0 N–H and O–H groups in total. The van der Waals surface area contributed by atoms with Gasteiger partial charge in [0.2, 0.25) is 0 Å². The molecule has 0 aliphatic rings. The maximum atomic E-state index is 2.59. The number of para-hydroxylation sites is 8. The summed E-state index contributed by atoms with van der Waals surface area (Å²) in [6.07, 6.45) is 8.07. The standard InChI is InChI=1S/C82H66N4/c1-2-3-4-5-6-13-42-73(57-51-61(83-74-43-22-14-34-65(74)66-35-15-23-44-75(66)83)55-62(52-57)84-76-45-24-16-36-67(76)68-37-17-25-46-77(68)84)82(58-30-9-7-10-31-58,59-32-11-8-12-33-59)60-53-63(85-78-47-26-18-38-69(78)70-39-19-27-48-79(70)85)56-64(54-60)86-80-49-28-20-40-71(80)72-41-21-29-50-81(72)86/h7-12,14-41,43-56,73H,2-6,13,42H2,1H3. The molecule has 0 saturated heterocycles. The molecular weight excluding hydrogens is 1040 g/mol. The minimum atomic E-state index is -0.772. The lowest BCUT2D eigenvalue weighted by Crippen LogP contribution is -2.37. The molecule has 4 heteroatoms. The van der Waals surface area contributed by atoms with Gasteiger partial charge in [0.05, 0.1) is 49.5 Å². The number of aromatic nitrogens is 4. The molecule has 86 heavy (non-hydrogen) atoms. The minimum absolute atomic E-state index is 0.0993. The molecule has 1 unspecified atom stereocenters. The van der Waals surface area contributed by atoms with Crippen LogP contribution in [0.15, 0.2) is 291 Å². The minimum Gasteiger partial charge on any atom is -0.309 e. The van der Waals surface area contributed by atoms with Gasteiger partial charge in [0.1, 0.15) is 0 Å². The average molecular weight is 1110 g/mol. The third kappa shape index (κ3) is 8.26. The summed E-state index contributed by atoms with van der Waals surface area (Å²) in [6.45, 7) is 2.32. The van der Waals surface area contributed by atoms with Crippen molar-refractivity contribution in [2.75, 3.05) is 0 Å². The summed E-state index contributed by atoms with van der Waals surface area (Å²) in [7, 11) is 0. The van der Waals surface area contributed by atoms with Crippen LogP contribution in [0.25, 0.3) is 110 Å². The predicted molar refractivity (Wildman–Crippen MR) is 364 cm³/mol. The number of fused-ring (bicyclic) bond motifs is 12. The van der Waals surface area contributed by atoms with E-state index in [0.29, 0.717) is 0 Å². The fourth-order valence-electron chi connectivity index (χ4n) is 15.2. The third-order valence-electron chi connectivity index (χ3n) is 18.9. The molecule has 0 radical (unpaired) electrons. The average Bonchev–Trinajstić information content (AvgIpc) is 1.10. The van der Waals surface area contributed by atoms with Crippen LogP contribution < -0.4 is 0 Å². The quantitative estimate of drug-likeness (QED) is 0.0679. The molecule has 16 aromatic rings. The SMILES string of the molecule is CCCCCCCCC(c1cc(-n2c3ccccc3c3ccccc32)cc(-n2c3ccccc3c3ccccc32)c1)C(c1ccccc1)(c1ccccc1)c1cc(-n2c3ccccc3c3ccccc32)cc(-n2c3ccccc3c3ccccc32)c1. The van der Waals surface area contributed by atoms with Crippen LogP contribution in [0.2, 0.25) is 0 Å². The van der Waals surface area contributed by atoms with Crippen molar-refractivity contribution in [3.05, 3.63) is 313 Å². The van der Waals surface area contributed by atoms with Crippen molar-refractivity contribution in [2.45, 2.75) is 63.2 Å². The van der Waals surface area contributed by atoms with Crippen molar-refractivity contribution in [2.24, 2.45) is 0 Å². The smallest absolute Gasteiger partial charge is 0.0541 e. The first-order valence-electron chi connectivity index (χ1n) is 31.0. The van der Waals surface area contributed by atoms with Crippen LogP contribution in [0.4, 0.5) is 0 Å². The number of hydrogen-bond donors (Lipinski definition) is 0. The zero-order chi connectivity index (χ0) is 57.1. The van der Waals surface area contributed by atoms with Crippen LogP contribution >= 0.6 is 0 Å². The van der Waals surface area contributed by atoms with Gasteiger partial charge in [0.25, 0.3) is 0 Å². The van der Waals surface area contributed by atoms with Gasteiger partial charge in [-0.25, -0.2) is 0 Å². The molecule has 0 amide bonds. The number of nitrogens with zero attached hydrogens (tertiary/aromatic N) is 4. The van der Waals surface area contributed by atoms with E-state index < -0.39 is 5.41 Å². The van der Waals surface area contributed by atoms with Crippen molar-refractivity contribution < 1.29 is 0 Å². The zero-order valence-electron chi connectivity index (χ0n) is 48.5. The van der Waals surface area contributed by atoms with Gasteiger partial charge in [-0.15, -0.1) is 0 Å². The number of benzene rings is 12. The fourth-order valence-corrected chi connectivity index (χ4v) is 15.2. The molecule has 4 nitrogen and oxygen atoms in total. The highest BCUT2D eigenvalue weighted by Gasteiger charge is 2.45. The molecule has 0 fully saturated rings. The Labute approximate surface area is 502 Å². The summed E-state index contributed by atoms with van der Waals surface area (Å²) in [4.78, 5) is 0. The summed E-state index contributed by atoms with van der Waals surface area (Å²) < 4.78 is 10.2. The molecule has 414 valence electrons. The maximum Gasteiger partial charge on any atom is 0.0541 e. The van der Waals surface area contributed by atoms with Gasteiger partial charge < -0.3 is 18.3 Å². The Kier molecular flexibility index (Phi) is 12.9. The van der Waals surface area contributed by atoms with E-state index in [1.54, 1.807) is 0 Å². The number of unbranched alkanes of at least 4 members (excludes halogenated alkanes) is 5. The second-order valence-electron chi connectivity index (χ2n) is 23.6. The van der Waals surface area contributed by atoms with Crippen LogP contribution in [-0.2, 0) is 5.41 Å². The summed E-state index contributed by atoms with van der Waals surface area (Å²) in [5.41, 5.74) is 18.3. The van der Waals surface area contributed by atoms with Crippen LogP contribution in [0.1, 0.15) is 80.0 Å². The highest BCUT2D eigenvalue weighted by molar-refractivity contribution is 6.12. The molecule has 0 spiro atoms. The Morgan fingerprint density at radius 3 is 0.814 bits per heavy atom. The lowest BCUT2D eigenvalue weighted by molar-refractivity contribution is 0.427. The lowest BCUT2D eigenvalue weighted by Gasteiger charge is -2.44. The number of hydrogen-bond acceptors (Lipinski definition) is 0. The second-order valence-corrected chi connectivity index (χ2v) is 23.6. The van der Waals surface area contributed by atoms with Gasteiger partial charge in [0.15, 0.2) is 0 Å². The van der Waals surface area contributed by atoms with Crippen molar-refractivity contribution in [3.63, 3.8) is 0 Å². The second kappa shape index (κ2) is 21.5. The maximum absolute atomic E-state index is 2.59. The van der Waals surface area contributed by atoms with Gasteiger partial charge in [-0.2, -0.15) is 0 Å². The topological polar surface area (TPSA) is 19.7 Å². The Hall–Kier alpha value is -10.2. The molecule has 0 bridgehead atoms. The Bertz CT molecular complexity index is 4670. The molecule has 1 atom stereocenters. The van der Waals surface area contributed by atoms with Crippen LogP contribution in [0.5, 0.6) is 0 Å². The van der Waals surface area contributed by atoms with E-state index in [9.17, 15) is 0 Å². The van der Waals surface area contributed by atoms with Gasteiger partial charge in [-0.1, -0.05) is 252 Å². The van der Waals surface area contributed by atoms with Crippen LogP contribution in [-0.4, -0.2) is 18.3 Å². The van der Waals surface area contributed by atoms with Gasteiger partial charge >= 0.3 is 0 Å². The molecule has 4 aromatic heterocycles. The molecule has 0 aliphatic heterocycles. The molecular formula is C82H66N4. The van der Waals surface area contributed by atoms with E-state index >= 15 is 0 Å². The van der Waals surface area contributed by atoms with Crippen molar-refractivity contribution in [1.29, 1.82) is 0 Å². The van der Waals surface area contributed by atoms with E-state index in [4.69, 9.17) is 0 Å². The van der Waals surface area contributed by atoms with E-state index in [1.807, 2.05) is 0 Å². The summed E-state index contributed by atoms with van der Waals surface area (Å²) in [5.74, 6) is -0.0993. The highest BCUT2D eigenvalue weighted by atomic mass is 15.0. The number of rotatable bonds is 16. The van der Waals surface area contributed by atoms with Crippen molar-refractivity contribution >= 4 is 87.2 Å². The molecule has 4 heterocycles. The first-order valence-corrected chi connectivity index (χ1v) is 31.0. The first kappa shape index (κ1) is 51.5. The van der Waals surface area contributed by atoms with E-state index in [1.165, 1.54) is 135 Å². The summed E-state index contributed by atoms with van der Waals surface area (Å²) in [6, 6.07) is 110. The molecule has 16 rings (SSSR count). The zero-order valence-corrected chi connectivity index (χ0v) is 48.5. The van der Waals surface area contributed by atoms with E-state index in [0.717, 1.165) is 42.0 Å².